The van der Waals surface area contributed by atoms with Crippen LogP contribution in [0.2, 0.25) is 0 Å². The van der Waals surface area contributed by atoms with Gasteiger partial charge in [-0.15, -0.1) is 0 Å². The Hall–Kier alpha value is -2.51. The number of pyridine rings is 1. The van der Waals surface area contributed by atoms with Gasteiger partial charge < -0.3 is 4.98 Å². The van der Waals surface area contributed by atoms with E-state index in [0.717, 1.165) is 60.7 Å². The number of H-pyrrole nitrogens is 1. The van der Waals surface area contributed by atoms with Gasteiger partial charge in [-0.25, -0.2) is 12.8 Å². The number of hydrogen-bond donors (Lipinski definition) is 1. The molecule has 1 fully saturated rings. The van der Waals surface area contributed by atoms with Gasteiger partial charge in [0.2, 0.25) is 10.0 Å². The highest BCUT2D eigenvalue weighted by Crippen LogP contribution is 2.29. The van der Waals surface area contributed by atoms with Gasteiger partial charge in [-0.2, -0.15) is 4.31 Å². The largest absolute Gasteiger partial charge is 0.322 e. The summed E-state index contributed by atoms with van der Waals surface area (Å²) in [5, 5.41) is 0.859. The van der Waals surface area contributed by atoms with Crippen LogP contribution < -0.4 is 5.56 Å². The monoisotopic (exact) mass is 428 g/mol. The van der Waals surface area contributed by atoms with E-state index in [1.807, 2.05) is 25.1 Å². The second kappa shape index (κ2) is 8.32. The number of nitrogens with one attached hydrogen (secondary N) is 1. The Morgan fingerprint density at radius 1 is 1.03 bits per heavy atom. The third-order valence-electron chi connectivity index (χ3n) is 5.81. The highest BCUT2D eigenvalue weighted by molar-refractivity contribution is 7.89. The minimum Gasteiger partial charge on any atom is -0.322 e. The zero-order valence-electron chi connectivity index (χ0n) is 16.9. The molecule has 0 radical (unpaired) electrons. The van der Waals surface area contributed by atoms with Gasteiger partial charge in [-0.3, -0.25) is 4.79 Å². The number of rotatable bonds is 5. The Morgan fingerprint density at radius 3 is 2.43 bits per heavy atom. The first-order valence-electron chi connectivity index (χ1n) is 10.2. The molecule has 0 saturated heterocycles. The first-order valence-corrected chi connectivity index (χ1v) is 11.7. The normalized spacial score (nSPS) is 15.7. The molecule has 1 heterocycles. The van der Waals surface area contributed by atoms with E-state index in [0.29, 0.717) is 5.56 Å². The minimum absolute atomic E-state index is 0.0104. The molecule has 7 heteroatoms. The molecule has 0 unspecified atom stereocenters. The van der Waals surface area contributed by atoms with E-state index < -0.39 is 15.8 Å². The van der Waals surface area contributed by atoms with Gasteiger partial charge in [0.15, 0.2) is 0 Å². The summed E-state index contributed by atoms with van der Waals surface area (Å²) in [5.74, 6) is -0.487. The first-order chi connectivity index (χ1) is 14.3. The van der Waals surface area contributed by atoms with Crippen LogP contribution in [0.1, 0.15) is 43.2 Å². The van der Waals surface area contributed by atoms with Crippen LogP contribution in [0.15, 0.2) is 58.2 Å². The highest BCUT2D eigenvalue weighted by Gasteiger charge is 2.33. The van der Waals surface area contributed by atoms with Crippen molar-refractivity contribution in [3.05, 3.63) is 75.8 Å². The molecule has 0 spiro atoms. The van der Waals surface area contributed by atoms with Crippen LogP contribution in [-0.4, -0.2) is 23.7 Å². The molecule has 0 bridgehead atoms. The van der Waals surface area contributed by atoms with Crippen LogP contribution in [0, 0.1) is 12.7 Å². The topological polar surface area (TPSA) is 70.2 Å². The molecule has 1 aliphatic carbocycles. The van der Waals surface area contributed by atoms with Gasteiger partial charge in [-0.05, 0) is 67.1 Å². The standard InChI is InChI=1S/C23H25FN2O3S/c1-16-7-8-17-14-18(23(27)25-22(17)13-16)15-26(20-5-3-2-4-6-20)30(28,29)21-11-9-19(24)10-12-21/h7-14,20H,2-6,15H2,1H3,(H,25,27). The number of halogens is 1. The molecular formula is C23H25FN2O3S. The van der Waals surface area contributed by atoms with E-state index in [1.54, 1.807) is 6.07 Å². The first kappa shape index (κ1) is 20.8. The summed E-state index contributed by atoms with van der Waals surface area (Å²) in [6, 6.07) is 12.2. The average molecular weight is 429 g/mol. The van der Waals surface area contributed by atoms with E-state index in [4.69, 9.17) is 0 Å². The quantitative estimate of drug-likeness (QED) is 0.651. The molecule has 5 nitrogen and oxygen atoms in total. The predicted octanol–water partition coefficient (Wildman–Crippen LogP) is 4.50. The Kier molecular flexibility index (Phi) is 5.75. The molecule has 0 amide bonds. The lowest BCUT2D eigenvalue weighted by Gasteiger charge is -2.33. The lowest BCUT2D eigenvalue weighted by Crippen LogP contribution is -2.42. The number of aryl methyl sites for hydroxylation is 1. The number of nitrogens with zero attached hydrogens (tertiary/aromatic N) is 1. The van der Waals surface area contributed by atoms with Crippen LogP contribution >= 0.6 is 0 Å². The molecule has 158 valence electrons. The molecule has 4 rings (SSSR count). The minimum atomic E-state index is -3.88. The van der Waals surface area contributed by atoms with Crippen molar-refractivity contribution < 1.29 is 12.8 Å². The summed E-state index contributed by atoms with van der Waals surface area (Å²) in [6.45, 7) is 1.94. The van der Waals surface area contributed by atoms with Crippen LogP contribution in [0.25, 0.3) is 10.9 Å². The summed E-state index contributed by atoms with van der Waals surface area (Å²) in [6.07, 6.45) is 4.49. The second-order valence-corrected chi connectivity index (χ2v) is 9.90. The second-order valence-electron chi connectivity index (χ2n) is 8.01. The summed E-state index contributed by atoms with van der Waals surface area (Å²) < 4.78 is 41.7. The Bertz CT molecular complexity index is 1210. The zero-order chi connectivity index (χ0) is 21.3. The van der Waals surface area contributed by atoms with Crippen molar-refractivity contribution in [1.82, 2.24) is 9.29 Å². The molecule has 3 aromatic rings. The molecule has 0 aliphatic heterocycles. The number of benzene rings is 2. The van der Waals surface area contributed by atoms with Crippen molar-refractivity contribution in [2.75, 3.05) is 0 Å². The number of sulfonamides is 1. The van der Waals surface area contributed by atoms with E-state index >= 15 is 0 Å². The van der Waals surface area contributed by atoms with Crippen molar-refractivity contribution in [2.24, 2.45) is 0 Å². The van der Waals surface area contributed by atoms with Crippen molar-refractivity contribution in [3.8, 4) is 0 Å². The van der Waals surface area contributed by atoms with E-state index in [-0.39, 0.29) is 23.0 Å². The van der Waals surface area contributed by atoms with Crippen LogP contribution in [0.3, 0.4) is 0 Å². The predicted molar refractivity (Wildman–Crippen MR) is 115 cm³/mol. The molecule has 0 atom stereocenters. The molecular weight excluding hydrogens is 403 g/mol. The lowest BCUT2D eigenvalue weighted by molar-refractivity contribution is 0.247. The average Bonchev–Trinajstić information content (AvgIpc) is 2.73. The van der Waals surface area contributed by atoms with Crippen molar-refractivity contribution >= 4 is 20.9 Å². The van der Waals surface area contributed by atoms with Crippen molar-refractivity contribution in [2.45, 2.75) is 56.5 Å². The van der Waals surface area contributed by atoms with Crippen LogP contribution in [-0.2, 0) is 16.6 Å². The van der Waals surface area contributed by atoms with Gasteiger partial charge in [0.05, 0.1) is 4.90 Å². The van der Waals surface area contributed by atoms with E-state index in [1.165, 1.54) is 16.4 Å². The maximum absolute atomic E-state index is 13.5. The fraction of sp³-hybridized carbons (Fsp3) is 0.348. The van der Waals surface area contributed by atoms with Crippen molar-refractivity contribution in [3.63, 3.8) is 0 Å². The number of hydrogen-bond acceptors (Lipinski definition) is 3. The van der Waals surface area contributed by atoms with Crippen molar-refractivity contribution in [1.29, 1.82) is 0 Å². The Morgan fingerprint density at radius 2 is 1.73 bits per heavy atom. The van der Waals surface area contributed by atoms with E-state index in [2.05, 4.69) is 4.98 Å². The third kappa shape index (κ3) is 4.18. The van der Waals surface area contributed by atoms with Gasteiger partial charge in [0.25, 0.3) is 5.56 Å². The molecule has 1 N–H and O–H groups in total. The molecule has 1 aliphatic rings. The maximum Gasteiger partial charge on any atom is 0.252 e. The van der Waals surface area contributed by atoms with Gasteiger partial charge in [0, 0.05) is 23.7 Å². The SMILES string of the molecule is Cc1ccc2cc(CN(C3CCCCC3)S(=O)(=O)c3ccc(F)cc3)c(=O)[nH]c2c1. The van der Waals surface area contributed by atoms with E-state index in [9.17, 15) is 17.6 Å². The van der Waals surface area contributed by atoms with Gasteiger partial charge in [-0.1, -0.05) is 31.4 Å². The van der Waals surface area contributed by atoms with Gasteiger partial charge in [0.1, 0.15) is 5.82 Å². The number of fused-ring (bicyclic) bond motifs is 1. The summed E-state index contributed by atoms with van der Waals surface area (Å²) in [7, 11) is -3.88. The molecule has 1 saturated carbocycles. The summed E-state index contributed by atoms with van der Waals surface area (Å²) in [4.78, 5) is 15.7. The summed E-state index contributed by atoms with van der Waals surface area (Å²) >= 11 is 0. The maximum atomic E-state index is 13.5. The highest BCUT2D eigenvalue weighted by atomic mass is 32.2. The van der Waals surface area contributed by atoms with Crippen LogP contribution in [0.4, 0.5) is 4.39 Å². The number of aromatic amines is 1. The Labute approximate surface area is 175 Å². The van der Waals surface area contributed by atoms with Crippen LogP contribution in [0.5, 0.6) is 0 Å². The molecule has 30 heavy (non-hydrogen) atoms. The smallest absolute Gasteiger partial charge is 0.252 e. The third-order valence-corrected chi connectivity index (χ3v) is 7.72. The molecule has 1 aromatic heterocycles. The zero-order valence-corrected chi connectivity index (χ0v) is 17.7. The fourth-order valence-corrected chi connectivity index (χ4v) is 5.83. The lowest BCUT2D eigenvalue weighted by atomic mass is 9.95. The fourth-order valence-electron chi connectivity index (χ4n) is 4.17. The molecule has 2 aromatic carbocycles. The number of aromatic nitrogens is 1. The van der Waals surface area contributed by atoms with Gasteiger partial charge >= 0.3 is 0 Å². The Balaban J connectivity index is 1.76. The summed E-state index contributed by atoms with van der Waals surface area (Å²) in [5.41, 5.74) is 1.88.